The summed E-state index contributed by atoms with van der Waals surface area (Å²) in [5.41, 5.74) is 0.906. The van der Waals surface area contributed by atoms with Crippen LogP contribution in [0, 0.1) is 11.8 Å². The van der Waals surface area contributed by atoms with Crippen LogP contribution in [0.2, 0.25) is 0 Å². The Morgan fingerprint density at radius 3 is 2.52 bits per heavy atom. The number of Topliss-reactive ketones (excluding diaryl/α,β-unsaturated/α-hetero) is 1. The zero-order valence-electron chi connectivity index (χ0n) is 18.0. The lowest BCUT2D eigenvalue weighted by Gasteiger charge is -2.11. The molecular formula is C27H29F3O. The van der Waals surface area contributed by atoms with E-state index in [1.54, 1.807) is 18.2 Å². The Bertz CT molecular complexity index is 915. The van der Waals surface area contributed by atoms with Crippen LogP contribution in [0.1, 0.15) is 74.1 Å². The summed E-state index contributed by atoms with van der Waals surface area (Å²) in [5.74, 6) is 5.72. The maximum Gasteiger partial charge on any atom is 0.417 e. The van der Waals surface area contributed by atoms with Gasteiger partial charge in [-0.05, 0) is 42.5 Å². The minimum absolute atomic E-state index is 0.109. The Kier molecular flexibility index (Phi) is 10.1. The molecule has 164 valence electrons. The molecule has 0 aliphatic rings. The Morgan fingerprint density at radius 1 is 1.03 bits per heavy atom. The summed E-state index contributed by atoms with van der Waals surface area (Å²) in [4.78, 5) is 12.0. The number of hydrogen-bond donors (Lipinski definition) is 0. The van der Waals surface area contributed by atoms with Gasteiger partial charge in [-0.3, -0.25) is 4.79 Å². The van der Waals surface area contributed by atoms with Crippen molar-refractivity contribution in [1.82, 2.24) is 0 Å². The highest BCUT2D eigenvalue weighted by Gasteiger charge is 2.32. The van der Waals surface area contributed by atoms with Gasteiger partial charge in [-0.25, -0.2) is 0 Å². The molecule has 0 aliphatic heterocycles. The molecule has 4 heteroatoms. The third-order valence-electron chi connectivity index (χ3n) is 4.93. The molecule has 1 nitrogen and oxygen atoms in total. The molecule has 0 bridgehead atoms. The number of halogens is 3. The van der Waals surface area contributed by atoms with Gasteiger partial charge in [0, 0.05) is 24.8 Å². The van der Waals surface area contributed by atoms with E-state index in [-0.39, 0.29) is 11.3 Å². The van der Waals surface area contributed by atoms with E-state index in [1.807, 2.05) is 30.3 Å². The van der Waals surface area contributed by atoms with Crippen LogP contribution in [-0.4, -0.2) is 5.78 Å². The molecular weight excluding hydrogens is 397 g/mol. The summed E-state index contributed by atoms with van der Waals surface area (Å²) in [6.07, 6.45) is 4.58. The highest BCUT2D eigenvalue weighted by molar-refractivity contribution is 5.78. The zero-order chi connectivity index (χ0) is 22.5. The monoisotopic (exact) mass is 426 g/mol. The van der Waals surface area contributed by atoms with Crippen LogP contribution in [0.5, 0.6) is 0 Å². The number of benzene rings is 2. The molecule has 0 aliphatic carbocycles. The normalized spacial score (nSPS) is 11.4. The lowest BCUT2D eigenvalue weighted by Crippen LogP contribution is -2.07. The fourth-order valence-corrected chi connectivity index (χ4v) is 3.17. The van der Waals surface area contributed by atoms with Gasteiger partial charge in [0.15, 0.2) is 0 Å². The van der Waals surface area contributed by atoms with E-state index in [9.17, 15) is 18.0 Å². The summed E-state index contributed by atoms with van der Waals surface area (Å²) in [6, 6.07) is 13.9. The molecule has 0 atom stereocenters. The number of rotatable bonds is 10. The molecule has 2 rings (SSSR count). The summed E-state index contributed by atoms with van der Waals surface area (Å²) in [7, 11) is 0. The number of unbranched alkanes of at least 4 members (excludes halogenated alkanes) is 3. The zero-order valence-corrected chi connectivity index (χ0v) is 18.0. The molecule has 2 aromatic carbocycles. The van der Waals surface area contributed by atoms with Crippen LogP contribution in [0.3, 0.4) is 0 Å². The number of ketones is 1. The van der Waals surface area contributed by atoms with Gasteiger partial charge in [-0.2, -0.15) is 13.2 Å². The van der Waals surface area contributed by atoms with Crippen molar-refractivity contribution in [2.45, 2.75) is 64.5 Å². The molecule has 0 saturated carbocycles. The Labute approximate surface area is 183 Å². The predicted molar refractivity (Wildman–Crippen MR) is 121 cm³/mol. The molecule has 0 spiro atoms. The SMILES string of the molecule is CCCCC/C=C/c1ccc(C#CCCC(=O)CCc2ccccc2)cc1C(F)(F)F. The third kappa shape index (κ3) is 9.26. The lowest BCUT2D eigenvalue weighted by molar-refractivity contribution is -0.137. The molecule has 0 N–H and O–H groups in total. The molecule has 2 aromatic rings. The number of carbonyl (C=O) groups excluding carboxylic acids is 1. The van der Waals surface area contributed by atoms with Gasteiger partial charge < -0.3 is 0 Å². The average Bonchev–Trinajstić information content (AvgIpc) is 2.75. The average molecular weight is 427 g/mol. The Hall–Kier alpha value is -2.80. The third-order valence-corrected chi connectivity index (χ3v) is 4.93. The van der Waals surface area contributed by atoms with Gasteiger partial charge >= 0.3 is 6.18 Å². The Balaban J connectivity index is 1.93. The van der Waals surface area contributed by atoms with Crippen molar-refractivity contribution in [1.29, 1.82) is 0 Å². The number of hydrogen-bond acceptors (Lipinski definition) is 1. The smallest absolute Gasteiger partial charge is 0.300 e. The molecule has 0 fully saturated rings. The van der Waals surface area contributed by atoms with Gasteiger partial charge in [0.25, 0.3) is 0 Å². The second-order valence-electron chi connectivity index (χ2n) is 7.52. The first-order valence-electron chi connectivity index (χ1n) is 10.8. The summed E-state index contributed by atoms with van der Waals surface area (Å²) in [5, 5.41) is 0. The van der Waals surface area contributed by atoms with E-state index in [0.717, 1.165) is 37.3 Å². The highest BCUT2D eigenvalue weighted by Crippen LogP contribution is 2.33. The van der Waals surface area contributed by atoms with Crippen molar-refractivity contribution < 1.29 is 18.0 Å². The first-order chi connectivity index (χ1) is 14.9. The van der Waals surface area contributed by atoms with Gasteiger partial charge in [0.05, 0.1) is 5.56 Å². The standard InChI is InChI=1S/C27H29F3O/c1-2-3-4-5-9-15-24-19-17-23(21-26(24)27(28,29)30)14-10-11-16-25(31)20-18-22-12-7-6-8-13-22/h6-9,12-13,15,17,19,21H,2-5,11,16,18,20H2,1H3/b15-9+. The maximum absolute atomic E-state index is 13.5. The van der Waals surface area contributed by atoms with Gasteiger partial charge in [0.2, 0.25) is 0 Å². The molecule has 0 heterocycles. The fourth-order valence-electron chi connectivity index (χ4n) is 3.17. The molecule has 0 saturated heterocycles. The van der Waals surface area contributed by atoms with Crippen LogP contribution in [0.4, 0.5) is 13.2 Å². The minimum Gasteiger partial charge on any atom is -0.300 e. The van der Waals surface area contributed by atoms with Crippen LogP contribution < -0.4 is 0 Å². The number of allylic oxidation sites excluding steroid dienone is 1. The van der Waals surface area contributed by atoms with Crippen LogP contribution in [-0.2, 0) is 17.4 Å². The minimum atomic E-state index is -4.44. The first-order valence-corrected chi connectivity index (χ1v) is 10.8. The van der Waals surface area contributed by atoms with E-state index in [0.29, 0.717) is 31.2 Å². The molecule has 31 heavy (non-hydrogen) atoms. The first kappa shape index (κ1) is 24.5. The summed E-state index contributed by atoms with van der Waals surface area (Å²) < 4.78 is 40.4. The summed E-state index contributed by atoms with van der Waals surface area (Å²) >= 11 is 0. The molecule has 0 radical (unpaired) electrons. The van der Waals surface area contributed by atoms with Crippen molar-refractivity contribution >= 4 is 11.9 Å². The van der Waals surface area contributed by atoms with Crippen molar-refractivity contribution in [3.05, 3.63) is 76.9 Å². The topological polar surface area (TPSA) is 17.1 Å². The van der Waals surface area contributed by atoms with Crippen LogP contribution in [0.25, 0.3) is 6.08 Å². The van der Waals surface area contributed by atoms with E-state index in [2.05, 4.69) is 18.8 Å². The second-order valence-corrected chi connectivity index (χ2v) is 7.52. The quantitative estimate of drug-likeness (QED) is 0.282. The summed E-state index contributed by atoms with van der Waals surface area (Å²) in [6.45, 7) is 2.09. The molecule has 0 unspecified atom stereocenters. The van der Waals surface area contributed by atoms with Crippen molar-refractivity contribution in [3.63, 3.8) is 0 Å². The van der Waals surface area contributed by atoms with Gasteiger partial charge in [-0.15, -0.1) is 0 Å². The van der Waals surface area contributed by atoms with Gasteiger partial charge in [-0.1, -0.05) is 80.2 Å². The van der Waals surface area contributed by atoms with Crippen LogP contribution >= 0.6 is 0 Å². The molecule has 0 aromatic heterocycles. The number of aryl methyl sites for hydroxylation is 1. The maximum atomic E-state index is 13.5. The number of carbonyl (C=O) groups is 1. The van der Waals surface area contributed by atoms with E-state index in [1.165, 1.54) is 6.07 Å². The van der Waals surface area contributed by atoms with E-state index < -0.39 is 11.7 Å². The van der Waals surface area contributed by atoms with Crippen molar-refractivity contribution in [2.75, 3.05) is 0 Å². The van der Waals surface area contributed by atoms with E-state index in [4.69, 9.17) is 0 Å². The van der Waals surface area contributed by atoms with Crippen molar-refractivity contribution in [3.8, 4) is 11.8 Å². The van der Waals surface area contributed by atoms with E-state index >= 15 is 0 Å². The number of alkyl halides is 3. The second kappa shape index (κ2) is 12.8. The predicted octanol–water partition coefficient (Wildman–Crippen LogP) is 7.63. The van der Waals surface area contributed by atoms with Crippen molar-refractivity contribution in [2.24, 2.45) is 0 Å². The lowest BCUT2D eigenvalue weighted by atomic mass is 10.0. The van der Waals surface area contributed by atoms with Crippen LogP contribution in [0.15, 0.2) is 54.6 Å². The molecule has 0 amide bonds. The Morgan fingerprint density at radius 2 is 1.81 bits per heavy atom. The van der Waals surface area contributed by atoms with Gasteiger partial charge in [0.1, 0.15) is 5.78 Å². The largest absolute Gasteiger partial charge is 0.417 e. The highest BCUT2D eigenvalue weighted by atomic mass is 19.4. The fraction of sp³-hybridized carbons (Fsp3) is 0.370.